The highest BCUT2D eigenvalue weighted by Crippen LogP contribution is 2.26. The molecule has 0 fully saturated rings. The summed E-state index contributed by atoms with van der Waals surface area (Å²) in [6, 6.07) is 0. The Labute approximate surface area is 89.6 Å². The summed E-state index contributed by atoms with van der Waals surface area (Å²) in [5.41, 5.74) is 2.91. The van der Waals surface area contributed by atoms with Gasteiger partial charge < -0.3 is 0 Å². The van der Waals surface area contributed by atoms with Crippen molar-refractivity contribution in [2.24, 2.45) is 0 Å². The first-order chi connectivity index (χ1) is 6.19. The first-order valence-corrected chi connectivity index (χ1v) is 5.84. The second-order valence-electron chi connectivity index (χ2n) is 3.48. The minimum atomic E-state index is 0.480. The Morgan fingerprint density at radius 2 is 1.92 bits per heavy atom. The SMILES string of the molecule is CCN(CC)CC1=CC=C(C)[C@@H]1Br. The zero-order chi connectivity index (χ0) is 9.84. The van der Waals surface area contributed by atoms with E-state index < -0.39 is 0 Å². The molecule has 0 amide bonds. The van der Waals surface area contributed by atoms with Crippen molar-refractivity contribution in [3.8, 4) is 0 Å². The third-order valence-electron chi connectivity index (χ3n) is 2.59. The van der Waals surface area contributed by atoms with Crippen LogP contribution in [0.2, 0.25) is 0 Å². The standard InChI is InChI=1S/C11H18BrN/c1-4-13(5-2)8-10-7-6-9(3)11(10)12/h6-7,11H,4-5,8H2,1-3H3/t11-/m0/s1. The van der Waals surface area contributed by atoms with E-state index in [-0.39, 0.29) is 0 Å². The molecule has 0 aromatic carbocycles. The molecule has 2 heteroatoms. The van der Waals surface area contributed by atoms with Crippen LogP contribution in [-0.4, -0.2) is 29.4 Å². The molecule has 0 aromatic heterocycles. The minimum absolute atomic E-state index is 0.480. The van der Waals surface area contributed by atoms with Gasteiger partial charge in [-0.3, -0.25) is 4.90 Å². The van der Waals surface area contributed by atoms with Crippen LogP contribution in [0.25, 0.3) is 0 Å². The van der Waals surface area contributed by atoms with Crippen LogP contribution < -0.4 is 0 Å². The quantitative estimate of drug-likeness (QED) is 0.687. The number of nitrogens with zero attached hydrogens (tertiary/aromatic N) is 1. The molecule has 1 atom stereocenters. The molecular weight excluding hydrogens is 226 g/mol. The van der Waals surface area contributed by atoms with Crippen LogP contribution in [0.4, 0.5) is 0 Å². The van der Waals surface area contributed by atoms with Crippen molar-refractivity contribution in [2.45, 2.75) is 25.6 Å². The van der Waals surface area contributed by atoms with Gasteiger partial charge in [-0.05, 0) is 25.6 Å². The van der Waals surface area contributed by atoms with E-state index in [0.717, 1.165) is 19.6 Å². The van der Waals surface area contributed by atoms with Crippen molar-refractivity contribution in [3.63, 3.8) is 0 Å². The molecule has 0 spiro atoms. The molecule has 0 saturated heterocycles. The maximum absolute atomic E-state index is 3.69. The van der Waals surface area contributed by atoms with Gasteiger partial charge in [0.2, 0.25) is 0 Å². The van der Waals surface area contributed by atoms with Gasteiger partial charge in [0.15, 0.2) is 0 Å². The average Bonchev–Trinajstić information content (AvgIpc) is 2.45. The van der Waals surface area contributed by atoms with Gasteiger partial charge >= 0.3 is 0 Å². The van der Waals surface area contributed by atoms with Crippen molar-refractivity contribution in [3.05, 3.63) is 23.3 Å². The van der Waals surface area contributed by atoms with E-state index in [1.807, 2.05) is 0 Å². The fraction of sp³-hybridized carbons (Fsp3) is 0.636. The van der Waals surface area contributed by atoms with Gasteiger partial charge in [0, 0.05) is 6.54 Å². The average molecular weight is 244 g/mol. The molecule has 74 valence electrons. The van der Waals surface area contributed by atoms with Gasteiger partial charge in [-0.25, -0.2) is 0 Å². The highest BCUT2D eigenvalue weighted by Gasteiger charge is 2.17. The van der Waals surface area contributed by atoms with Gasteiger partial charge in [-0.1, -0.05) is 47.5 Å². The predicted molar refractivity (Wildman–Crippen MR) is 62.3 cm³/mol. The lowest BCUT2D eigenvalue weighted by atomic mass is 10.1. The summed E-state index contributed by atoms with van der Waals surface area (Å²) in [6.45, 7) is 9.95. The first kappa shape index (κ1) is 11.0. The van der Waals surface area contributed by atoms with Crippen molar-refractivity contribution in [1.82, 2.24) is 4.90 Å². The van der Waals surface area contributed by atoms with Gasteiger partial charge in [-0.2, -0.15) is 0 Å². The van der Waals surface area contributed by atoms with E-state index in [4.69, 9.17) is 0 Å². The summed E-state index contributed by atoms with van der Waals surface area (Å²) < 4.78 is 0. The number of halogens is 1. The highest BCUT2D eigenvalue weighted by molar-refractivity contribution is 9.09. The summed E-state index contributed by atoms with van der Waals surface area (Å²) in [7, 11) is 0. The molecule has 0 unspecified atom stereocenters. The third kappa shape index (κ3) is 2.68. The predicted octanol–water partition coefficient (Wildman–Crippen LogP) is 2.98. The van der Waals surface area contributed by atoms with Crippen molar-refractivity contribution in [1.29, 1.82) is 0 Å². The maximum atomic E-state index is 3.69. The summed E-state index contributed by atoms with van der Waals surface area (Å²) >= 11 is 3.69. The summed E-state index contributed by atoms with van der Waals surface area (Å²) in [5, 5.41) is 0. The Bertz CT molecular complexity index is 226. The van der Waals surface area contributed by atoms with Crippen LogP contribution in [0.1, 0.15) is 20.8 Å². The Balaban J connectivity index is 2.48. The Morgan fingerprint density at radius 1 is 1.31 bits per heavy atom. The van der Waals surface area contributed by atoms with Crippen LogP contribution in [0, 0.1) is 0 Å². The van der Waals surface area contributed by atoms with Gasteiger partial charge in [0.25, 0.3) is 0 Å². The van der Waals surface area contributed by atoms with Crippen LogP contribution >= 0.6 is 15.9 Å². The lowest BCUT2D eigenvalue weighted by molar-refractivity contribution is 0.329. The Kier molecular flexibility index (Phi) is 4.20. The topological polar surface area (TPSA) is 3.24 Å². The smallest absolute Gasteiger partial charge is 0.0580 e. The van der Waals surface area contributed by atoms with E-state index >= 15 is 0 Å². The zero-order valence-electron chi connectivity index (χ0n) is 8.68. The number of likely N-dealkylation sites (N-methyl/N-ethyl adjacent to an activating group) is 1. The molecule has 0 bridgehead atoms. The number of alkyl halides is 1. The summed E-state index contributed by atoms with van der Waals surface area (Å²) in [4.78, 5) is 2.92. The van der Waals surface area contributed by atoms with Gasteiger partial charge in [-0.15, -0.1) is 0 Å². The number of hydrogen-bond donors (Lipinski definition) is 0. The Hall–Kier alpha value is -0.0800. The molecule has 1 aliphatic rings. The second kappa shape index (κ2) is 4.97. The van der Waals surface area contributed by atoms with Crippen molar-refractivity contribution < 1.29 is 0 Å². The molecule has 0 heterocycles. The van der Waals surface area contributed by atoms with Crippen LogP contribution in [0.3, 0.4) is 0 Å². The summed E-state index contributed by atoms with van der Waals surface area (Å²) in [6.07, 6.45) is 4.45. The zero-order valence-corrected chi connectivity index (χ0v) is 10.3. The van der Waals surface area contributed by atoms with E-state index in [0.29, 0.717) is 4.83 Å². The molecule has 0 aromatic rings. The normalized spacial score (nSPS) is 22.1. The number of hydrogen-bond acceptors (Lipinski definition) is 1. The van der Waals surface area contributed by atoms with Gasteiger partial charge in [0.05, 0.1) is 4.83 Å². The van der Waals surface area contributed by atoms with E-state index in [1.165, 1.54) is 11.1 Å². The molecule has 1 rings (SSSR count). The maximum Gasteiger partial charge on any atom is 0.0580 e. The third-order valence-corrected chi connectivity index (χ3v) is 3.90. The van der Waals surface area contributed by atoms with Crippen molar-refractivity contribution in [2.75, 3.05) is 19.6 Å². The van der Waals surface area contributed by atoms with Crippen LogP contribution in [-0.2, 0) is 0 Å². The lowest BCUT2D eigenvalue weighted by Crippen LogP contribution is -2.27. The van der Waals surface area contributed by atoms with Gasteiger partial charge in [0.1, 0.15) is 0 Å². The van der Waals surface area contributed by atoms with Crippen LogP contribution in [0.15, 0.2) is 23.3 Å². The lowest BCUT2D eigenvalue weighted by Gasteiger charge is -2.21. The molecule has 0 aliphatic heterocycles. The first-order valence-electron chi connectivity index (χ1n) is 4.92. The minimum Gasteiger partial charge on any atom is -0.300 e. The van der Waals surface area contributed by atoms with E-state index in [1.54, 1.807) is 0 Å². The van der Waals surface area contributed by atoms with E-state index in [2.05, 4.69) is 53.8 Å². The monoisotopic (exact) mass is 243 g/mol. The number of allylic oxidation sites excluding steroid dienone is 3. The number of rotatable bonds is 4. The van der Waals surface area contributed by atoms with Crippen molar-refractivity contribution >= 4 is 15.9 Å². The molecule has 0 radical (unpaired) electrons. The summed E-state index contributed by atoms with van der Waals surface area (Å²) in [5.74, 6) is 0. The molecule has 1 aliphatic carbocycles. The fourth-order valence-electron chi connectivity index (χ4n) is 1.54. The largest absolute Gasteiger partial charge is 0.300 e. The second-order valence-corrected chi connectivity index (χ2v) is 4.39. The van der Waals surface area contributed by atoms with Crippen LogP contribution in [0.5, 0.6) is 0 Å². The fourth-order valence-corrected chi connectivity index (χ4v) is 1.99. The highest BCUT2D eigenvalue weighted by atomic mass is 79.9. The molecular formula is C11H18BrN. The van der Waals surface area contributed by atoms with E-state index in [9.17, 15) is 0 Å². The Morgan fingerprint density at radius 3 is 2.31 bits per heavy atom. The molecule has 1 nitrogen and oxygen atoms in total. The molecule has 13 heavy (non-hydrogen) atoms. The molecule has 0 N–H and O–H groups in total. The molecule has 0 saturated carbocycles.